The molecule has 3 N–H and O–H groups in total. The van der Waals surface area contributed by atoms with E-state index in [1.807, 2.05) is 32.0 Å². The second kappa shape index (κ2) is 8.26. The van der Waals surface area contributed by atoms with E-state index in [1.54, 1.807) is 0 Å². The number of nitrogens with one attached hydrogen (secondary N) is 3. The number of carbonyl (C=O) groups is 2. The van der Waals surface area contributed by atoms with Crippen molar-refractivity contribution in [3.8, 4) is 0 Å². The van der Waals surface area contributed by atoms with Gasteiger partial charge in [0.2, 0.25) is 5.91 Å². The topological polar surface area (TPSA) is 78.1 Å². The number of piperazine rings is 1. The first-order chi connectivity index (χ1) is 11.4. The Kier molecular flexibility index (Phi) is 6.34. The summed E-state index contributed by atoms with van der Waals surface area (Å²) in [5, 5.41) is 14.5. The van der Waals surface area contributed by atoms with Crippen molar-refractivity contribution >= 4 is 17.6 Å². The number of hydrogen-bond donors (Lipinski definition) is 3. The molecule has 1 aromatic carbocycles. The van der Waals surface area contributed by atoms with Crippen molar-refractivity contribution in [1.29, 1.82) is 0 Å². The molecule has 0 saturated carbocycles. The average Bonchev–Trinajstić information content (AvgIpc) is 2.55. The van der Waals surface area contributed by atoms with Crippen molar-refractivity contribution in [2.24, 2.45) is 0 Å². The first-order valence-electron chi connectivity index (χ1n) is 8.67. The highest BCUT2D eigenvalue weighted by Crippen LogP contribution is 2.21. The number of quaternary nitrogens is 2. The highest BCUT2D eigenvalue weighted by Gasteiger charge is 2.31. The fourth-order valence-corrected chi connectivity index (χ4v) is 3.32. The Balaban J connectivity index is 2.05. The lowest BCUT2D eigenvalue weighted by atomic mass is 10.0. The fraction of sp³-hybridized carbons (Fsp3) is 0.556. The predicted molar refractivity (Wildman–Crippen MR) is 89.9 cm³/mol. The van der Waals surface area contributed by atoms with E-state index in [1.165, 1.54) is 4.90 Å². The number of aryl methyl sites for hydroxylation is 2. The molecule has 0 unspecified atom stereocenters. The maximum absolute atomic E-state index is 12.4. The molecule has 0 bridgehead atoms. The zero-order valence-corrected chi connectivity index (χ0v) is 14.8. The number of carbonyl (C=O) groups excluding carboxylic acids is 2. The van der Waals surface area contributed by atoms with E-state index in [9.17, 15) is 14.7 Å². The van der Waals surface area contributed by atoms with Crippen LogP contribution in [0.1, 0.15) is 24.5 Å². The zero-order valence-electron chi connectivity index (χ0n) is 14.8. The third kappa shape index (κ3) is 4.55. The van der Waals surface area contributed by atoms with Crippen molar-refractivity contribution in [2.75, 3.05) is 38.5 Å². The van der Waals surface area contributed by atoms with E-state index >= 15 is 0 Å². The van der Waals surface area contributed by atoms with Crippen LogP contribution in [-0.4, -0.2) is 51.1 Å². The van der Waals surface area contributed by atoms with Crippen LogP contribution in [0, 0.1) is 6.92 Å². The molecule has 132 valence electrons. The van der Waals surface area contributed by atoms with Gasteiger partial charge in [-0.15, -0.1) is 0 Å². The molecule has 1 fully saturated rings. The largest absolute Gasteiger partial charge is 0.544 e. The van der Waals surface area contributed by atoms with Crippen molar-refractivity contribution < 1.29 is 24.5 Å². The van der Waals surface area contributed by atoms with Crippen molar-refractivity contribution in [1.82, 2.24) is 0 Å². The van der Waals surface area contributed by atoms with Gasteiger partial charge in [0.05, 0.1) is 19.4 Å². The molecule has 1 aliphatic heterocycles. The van der Waals surface area contributed by atoms with E-state index in [0.29, 0.717) is 0 Å². The molecule has 1 saturated heterocycles. The maximum Gasteiger partial charge on any atom is 0.230 e. The van der Waals surface area contributed by atoms with Crippen molar-refractivity contribution in [3.63, 3.8) is 0 Å². The van der Waals surface area contributed by atoms with Crippen LogP contribution in [0.2, 0.25) is 0 Å². The van der Waals surface area contributed by atoms with Gasteiger partial charge in [0.15, 0.2) is 0 Å². The summed E-state index contributed by atoms with van der Waals surface area (Å²) in [6, 6.07) is 5.10. The van der Waals surface area contributed by atoms with Gasteiger partial charge in [-0.3, -0.25) is 4.79 Å². The molecule has 6 heteroatoms. The molecule has 24 heavy (non-hydrogen) atoms. The second-order valence-corrected chi connectivity index (χ2v) is 6.70. The SMILES string of the molecule is CCc1cccc(C)c1NC(=O)C[C@H](C(=O)[O-])[NH+]1CC[NH+](C)CC1. The Morgan fingerprint density at radius 1 is 1.25 bits per heavy atom. The lowest BCUT2D eigenvalue weighted by molar-refractivity contribution is -1.01. The molecule has 1 aliphatic rings. The van der Waals surface area contributed by atoms with Gasteiger partial charge in [-0.2, -0.15) is 0 Å². The Morgan fingerprint density at radius 3 is 2.50 bits per heavy atom. The first-order valence-corrected chi connectivity index (χ1v) is 8.67. The molecule has 1 atom stereocenters. The third-order valence-corrected chi connectivity index (χ3v) is 4.92. The van der Waals surface area contributed by atoms with Gasteiger partial charge in [0.1, 0.15) is 32.2 Å². The summed E-state index contributed by atoms with van der Waals surface area (Å²) in [6.07, 6.45) is 0.766. The van der Waals surface area contributed by atoms with Crippen LogP contribution in [0.4, 0.5) is 5.69 Å². The van der Waals surface area contributed by atoms with Gasteiger partial charge in [-0.1, -0.05) is 25.1 Å². The van der Waals surface area contributed by atoms with E-state index in [4.69, 9.17) is 0 Å². The van der Waals surface area contributed by atoms with Crippen LogP contribution >= 0.6 is 0 Å². The van der Waals surface area contributed by atoms with Crippen LogP contribution in [0.15, 0.2) is 18.2 Å². The van der Waals surface area contributed by atoms with E-state index in [-0.39, 0.29) is 12.3 Å². The number of aliphatic carboxylic acids is 1. The molecule has 0 spiro atoms. The van der Waals surface area contributed by atoms with Gasteiger partial charge in [0.25, 0.3) is 0 Å². The molecule has 1 amide bonds. The molecule has 0 aliphatic carbocycles. The molecular weight excluding hydrogens is 306 g/mol. The summed E-state index contributed by atoms with van der Waals surface area (Å²) < 4.78 is 0. The summed E-state index contributed by atoms with van der Waals surface area (Å²) in [5.74, 6) is -1.40. The van der Waals surface area contributed by atoms with Crippen LogP contribution in [-0.2, 0) is 16.0 Å². The van der Waals surface area contributed by atoms with E-state index in [2.05, 4.69) is 12.4 Å². The lowest BCUT2D eigenvalue weighted by Gasteiger charge is -2.33. The monoisotopic (exact) mass is 334 g/mol. The van der Waals surface area contributed by atoms with E-state index in [0.717, 1.165) is 54.3 Å². The number of rotatable bonds is 6. The van der Waals surface area contributed by atoms with Gasteiger partial charge in [-0.05, 0) is 24.5 Å². The average molecular weight is 334 g/mol. The number of hydrogen-bond acceptors (Lipinski definition) is 3. The summed E-state index contributed by atoms with van der Waals surface area (Å²) in [7, 11) is 2.10. The number of anilines is 1. The van der Waals surface area contributed by atoms with Gasteiger partial charge >= 0.3 is 0 Å². The lowest BCUT2D eigenvalue weighted by Crippen LogP contribution is -3.29. The zero-order chi connectivity index (χ0) is 17.7. The summed E-state index contributed by atoms with van der Waals surface area (Å²) >= 11 is 0. The molecule has 2 rings (SSSR count). The molecule has 6 nitrogen and oxygen atoms in total. The van der Waals surface area contributed by atoms with Crippen LogP contribution in [0.25, 0.3) is 0 Å². The summed E-state index contributed by atoms with van der Waals surface area (Å²) in [5.41, 5.74) is 2.85. The number of para-hydroxylation sites is 1. The molecular formula is C18H28N3O3+. The summed E-state index contributed by atoms with van der Waals surface area (Å²) in [6.45, 7) is 7.31. The van der Waals surface area contributed by atoms with Gasteiger partial charge < -0.3 is 25.0 Å². The molecule has 1 aromatic rings. The minimum Gasteiger partial charge on any atom is -0.544 e. The van der Waals surface area contributed by atoms with Crippen molar-refractivity contribution in [3.05, 3.63) is 29.3 Å². The number of likely N-dealkylation sites (N-methyl/N-ethyl adjacent to an activating group) is 1. The minimum absolute atomic E-state index is 0.0474. The molecule has 1 heterocycles. The van der Waals surface area contributed by atoms with E-state index < -0.39 is 12.0 Å². The highest BCUT2D eigenvalue weighted by molar-refractivity contribution is 5.94. The molecule has 0 aromatic heterocycles. The number of carboxylic acids is 1. The Bertz CT molecular complexity index is 595. The minimum atomic E-state index is -1.14. The van der Waals surface area contributed by atoms with Gasteiger partial charge in [0, 0.05) is 5.69 Å². The maximum atomic E-state index is 12.4. The quantitative estimate of drug-likeness (QED) is 0.535. The molecule has 0 radical (unpaired) electrons. The Morgan fingerprint density at radius 2 is 1.92 bits per heavy atom. The number of benzene rings is 1. The number of carboxylic acid groups (broad SMARTS) is 1. The predicted octanol–water partition coefficient (Wildman–Crippen LogP) is -2.58. The smallest absolute Gasteiger partial charge is 0.230 e. The highest BCUT2D eigenvalue weighted by atomic mass is 16.4. The standard InChI is InChI=1S/C18H27N3O3/c1-4-14-7-5-6-13(2)17(14)19-16(22)12-15(18(23)24)21-10-8-20(3)9-11-21/h5-7,15H,4,8-12H2,1-3H3,(H,19,22)(H,23,24)/p+1/t15-/m1/s1. The van der Waals surface area contributed by atoms with Gasteiger partial charge in [-0.25, -0.2) is 0 Å². The number of amides is 1. The fourth-order valence-electron chi connectivity index (χ4n) is 3.32. The Labute approximate surface area is 143 Å². The first kappa shape index (κ1) is 18.4. The Hall–Kier alpha value is -1.92. The van der Waals surface area contributed by atoms with Crippen molar-refractivity contribution in [2.45, 2.75) is 32.7 Å². The van der Waals surface area contributed by atoms with Crippen LogP contribution in [0.3, 0.4) is 0 Å². The van der Waals surface area contributed by atoms with Crippen LogP contribution < -0.4 is 20.2 Å². The van der Waals surface area contributed by atoms with Crippen LogP contribution in [0.5, 0.6) is 0 Å². The summed E-state index contributed by atoms with van der Waals surface area (Å²) in [4.78, 5) is 26.3. The third-order valence-electron chi connectivity index (χ3n) is 4.92. The normalized spacial score (nSPS) is 22.0. The second-order valence-electron chi connectivity index (χ2n) is 6.70.